The van der Waals surface area contributed by atoms with Crippen LogP contribution in [0.1, 0.15) is 29.8 Å². The van der Waals surface area contributed by atoms with Crippen LogP contribution in [0.4, 0.5) is 11.5 Å². The molecule has 0 spiro atoms. The van der Waals surface area contributed by atoms with Crippen LogP contribution in [0, 0.1) is 12.8 Å². The highest BCUT2D eigenvalue weighted by molar-refractivity contribution is 6.01. The number of carbonyl (C=O) groups excluding carboxylic acids is 2. The Morgan fingerprint density at radius 2 is 1.88 bits per heavy atom. The summed E-state index contributed by atoms with van der Waals surface area (Å²) < 4.78 is 0. The van der Waals surface area contributed by atoms with Crippen LogP contribution in [0.15, 0.2) is 42.6 Å². The molecule has 1 aromatic heterocycles. The van der Waals surface area contributed by atoms with E-state index in [2.05, 4.69) is 15.6 Å². The zero-order valence-corrected chi connectivity index (χ0v) is 15.3. The fourth-order valence-corrected chi connectivity index (χ4v) is 2.25. The van der Waals surface area contributed by atoms with E-state index >= 15 is 0 Å². The highest BCUT2D eigenvalue weighted by Crippen LogP contribution is 2.11. The number of carbonyl (C=O) groups is 2. The van der Waals surface area contributed by atoms with Crippen molar-refractivity contribution in [3.05, 3.63) is 53.7 Å². The monoisotopic (exact) mass is 362 g/mol. The van der Waals surface area contributed by atoms with Gasteiger partial charge in [0.1, 0.15) is 11.9 Å². The van der Waals surface area contributed by atoms with Gasteiger partial charge in [0.15, 0.2) is 0 Å². The molecule has 0 bridgehead atoms. The van der Waals surface area contributed by atoms with E-state index in [1.165, 1.54) is 6.20 Å². The van der Waals surface area contributed by atoms with Crippen LogP contribution < -0.4 is 16.4 Å². The van der Waals surface area contributed by atoms with Crippen LogP contribution in [-0.4, -0.2) is 22.8 Å². The molecule has 4 N–H and O–H groups in total. The van der Waals surface area contributed by atoms with Crippen LogP contribution in [0.25, 0.3) is 0 Å². The second-order valence-electron chi connectivity index (χ2n) is 6.03. The third-order valence-electron chi connectivity index (χ3n) is 3.57. The number of amides is 2. The van der Waals surface area contributed by atoms with E-state index in [0.717, 1.165) is 5.56 Å². The maximum absolute atomic E-state index is 12.5. The number of halogens is 1. The van der Waals surface area contributed by atoms with E-state index in [0.29, 0.717) is 17.1 Å². The zero-order chi connectivity index (χ0) is 17.7. The normalized spacial score (nSPS) is 11.4. The number of nitrogens with one attached hydrogen (secondary N) is 2. The van der Waals surface area contributed by atoms with Gasteiger partial charge in [-0.25, -0.2) is 4.98 Å². The Hall–Kier alpha value is -2.60. The Morgan fingerprint density at radius 3 is 2.44 bits per heavy atom. The number of nitrogens with two attached hydrogens (primary N) is 1. The van der Waals surface area contributed by atoms with Gasteiger partial charge in [0.05, 0.1) is 11.9 Å². The number of aryl methyl sites for hydroxylation is 1. The second-order valence-corrected chi connectivity index (χ2v) is 6.03. The molecule has 1 atom stereocenters. The van der Waals surface area contributed by atoms with Gasteiger partial charge in [0.2, 0.25) is 5.91 Å². The predicted octanol–water partition coefficient (Wildman–Crippen LogP) is 2.79. The van der Waals surface area contributed by atoms with Crippen molar-refractivity contribution in [1.82, 2.24) is 10.3 Å². The van der Waals surface area contributed by atoms with Crippen LogP contribution in [0.2, 0.25) is 0 Å². The molecule has 2 aromatic rings. The quantitative estimate of drug-likeness (QED) is 0.761. The van der Waals surface area contributed by atoms with E-state index in [1.807, 2.05) is 32.9 Å². The summed E-state index contributed by atoms with van der Waals surface area (Å²) >= 11 is 0. The summed E-state index contributed by atoms with van der Waals surface area (Å²) in [5.74, 6) is -0.262. The highest BCUT2D eigenvalue weighted by Gasteiger charge is 2.24. The molecule has 2 rings (SSSR count). The maximum Gasteiger partial charge on any atom is 0.251 e. The van der Waals surface area contributed by atoms with Crippen LogP contribution in [0.3, 0.4) is 0 Å². The van der Waals surface area contributed by atoms with E-state index in [4.69, 9.17) is 5.73 Å². The molecule has 0 radical (unpaired) electrons. The fraction of sp³-hybridized carbons (Fsp3) is 0.278. The van der Waals surface area contributed by atoms with E-state index < -0.39 is 6.04 Å². The van der Waals surface area contributed by atoms with Crippen molar-refractivity contribution in [2.45, 2.75) is 26.8 Å². The SMILES string of the molecule is Cc1cccc(C(=O)NC(C(=O)Nc2ccc(N)nc2)C(C)C)c1.Cl. The highest BCUT2D eigenvalue weighted by atomic mass is 35.5. The van der Waals surface area contributed by atoms with E-state index in [9.17, 15) is 9.59 Å². The molecule has 6 nitrogen and oxygen atoms in total. The zero-order valence-electron chi connectivity index (χ0n) is 14.4. The third kappa shape index (κ3) is 5.76. The number of hydrogen-bond acceptors (Lipinski definition) is 4. The van der Waals surface area contributed by atoms with Crippen molar-refractivity contribution < 1.29 is 9.59 Å². The standard InChI is InChI=1S/C18H22N4O2.ClH/c1-11(2)16(18(24)21-14-7-8-15(19)20-10-14)22-17(23)13-6-4-5-12(3)9-13;/h4-11,16H,1-3H3,(H2,19,20)(H,21,24)(H,22,23);1H. The van der Waals surface area contributed by atoms with E-state index in [-0.39, 0.29) is 30.1 Å². The number of benzene rings is 1. The van der Waals surface area contributed by atoms with Crippen LogP contribution in [-0.2, 0) is 4.79 Å². The lowest BCUT2D eigenvalue weighted by atomic mass is 10.0. The van der Waals surface area contributed by atoms with Crippen molar-refractivity contribution in [1.29, 1.82) is 0 Å². The number of nitrogens with zero attached hydrogens (tertiary/aromatic N) is 1. The first-order valence-electron chi connectivity index (χ1n) is 7.76. The molecular formula is C18H23ClN4O2. The number of pyridine rings is 1. The lowest BCUT2D eigenvalue weighted by Crippen LogP contribution is -2.47. The molecule has 0 saturated heterocycles. The van der Waals surface area contributed by atoms with Gasteiger partial charge in [-0.15, -0.1) is 12.4 Å². The van der Waals surface area contributed by atoms with Gasteiger partial charge in [0, 0.05) is 5.56 Å². The van der Waals surface area contributed by atoms with Gasteiger partial charge < -0.3 is 16.4 Å². The number of nitrogen functional groups attached to an aromatic ring is 1. The predicted molar refractivity (Wildman–Crippen MR) is 102 cm³/mol. The molecule has 1 heterocycles. The molecule has 2 amide bonds. The molecule has 0 aliphatic rings. The Kier molecular flexibility index (Phi) is 7.39. The molecule has 25 heavy (non-hydrogen) atoms. The van der Waals surface area contributed by atoms with Crippen LogP contribution in [0.5, 0.6) is 0 Å². The average Bonchev–Trinajstić information content (AvgIpc) is 2.54. The summed E-state index contributed by atoms with van der Waals surface area (Å²) in [5.41, 5.74) is 7.58. The minimum atomic E-state index is -0.657. The summed E-state index contributed by atoms with van der Waals surface area (Å²) in [6, 6.07) is 9.85. The van der Waals surface area contributed by atoms with Gasteiger partial charge in [-0.1, -0.05) is 31.5 Å². The molecular weight excluding hydrogens is 340 g/mol. The van der Waals surface area contributed by atoms with Gasteiger partial charge in [-0.2, -0.15) is 0 Å². The Bertz CT molecular complexity index is 732. The largest absolute Gasteiger partial charge is 0.384 e. The molecule has 0 saturated carbocycles. The van der Waals surface area contributed by atoms with Crippen molar-refractivity contribution in [3.63, 3.8) is 0 Å². The van der Waals surface area contributed by atoms with Crippen molar-refractivity contribution in [2.24, 2.45) is 5.92 Å². The molecule has 134 valence electrons. The number of anilines is 2. The summed E-state index contributed by atoms with van der Waals surface area (Å²) in [7, 11) is 0. The molecule has 0 aliphatic heterocycles. The maximum atomic E-state index is 12.5. The molecule has 0 aliphatic carbocycles. The third-order valence-corrected chi connectivity index (χ3v) is 3.57. The summed E-state index contributed by atoms with van der Waals surface area (Å²) in [5, 5.41) is 5.54. The molecule has 0 fully saturated rings. The van der Waals surface area contributed by atoms with Crippen LogP contribution >= 0.6 is 12.4 Å². The Labute approximate surface area is 153 Å². The van der Waals surface area contributed by atoms with E-state index in [1.54, 1.807) is 24.3 Å². The van der Waals surface area contributed by atoms with Crippen molar-refractivity contribution >= 4 is 35.7 Å². The Morgan fingerprint density at radius 1 is 1.16 bits per heavy atom. The minimum absolute atomic E-state index is 0. The lowest BCUT2D eigenvalue weighted by Gasteiger charge is -2.21. The van der Waals surface area contributed by atoms with Gasteiger partial charge in [0.25, 0.3) is 5.91 Å². The first-order valence-corrected chi connectivity index (χ1v) is 7.76. The minimum Gasteiger partial charge on any atom is -0.384 e. The average molecular weight is 363 g/mol. The topological polar surface area (TPSA) is 97.1 Å². The smallest absolute Gasteiger partial charge is 0.251 e. The second kappa shape index (κ2) is 9.03. The summed E-state index contributed by atoms with van der Waals surface area (Å²) in [6.07, 6.45) is 1.48. The molecule has 1 aromatic carbocycles. The number of hydrogen-bond donors (Lipinski definition) is 3. The van der Waals surface area contributed by atoms with Gasteiger partial charge in [-0.3, -0.25) is 9.59 Å². The number of rotatable bonds is 5. The van der Waals surface area contributed by atoms with Crippen molar-refractivity contribution in [3.8, 4) is 0 Å². The Balaban J connectivity index is 0.00000312. The molecule has 1 unspecified atom stereocenters. The lowest BCUT2D eigenvalue weighted by molar-refractivity contribution is -0.118. The van der Waals surface area contributed by atoms with Gasteiger partial charge in [-0.05, 0) is 37.1 Å². The first kappa shape index (κ1) is 20.4. The number of aromatic nitrogens is 1. The van der Waals surface area contributed by atoms with Crippen molar-refractivity contribution in [2.75, 3.05) is 11.1 Å². The van der Waals surface area contributed by atoms with Gasteiger partial charge >= 0.3 is 0 Å². The summed E-state index contributed by atoms with van der Waals surface area (Å²) in [6.45, 7) is 5.67. The molecule has 7 heteroatoms. The summed E-state index contributed by atoms with van der Waals surface area (Å²) in [4.78, 5) is 28.8. The first-order chi connectivity index (χ1) is 11.4. The fourth-order valence-electron chi connectivity index (χ4n) is 2.25.